The van der Waals surface area contributed by atoms with Gasteiger partial charge in [-0.25, -0.2) is 4.39 Å². The third kappa shape index (κ3) is 6.14. The lowest BCUT2D eigenvalue weighted by atomic mass is 9.76. The molecule has 118 valence electrons. The maximum Gasteiger partial charge on any atom is 0.224 e. The molecule has 0 heterocycles. The van der Waals surface area contributed by atoms with Crippen LogP contribution in [0.4, 0.5) is 10.1 Å². The molecule has 1 amide bonds. The predicted octanol–water partition coefficient (Wildman–Crippen LogP) is 4.32. The average Bonchev–Trinajstić information content (AvgIpc) is 2.37. The minimum absolute atomic E-state index is 0.104. The van der Waals surface area contributed by atoms with Gasteiger partial charge >= 0.3 is 0 Å². The molecule has 0 aliphatic rings. The lowest BCUT2D eigenvalue weighted by Gasteiger charge is -2.30. The van der Waals surface area contributed by atoms with Crippen LogP contribution in [0.25, 0.3) is 0 Å². The molecule has 0 spiro atoms. The van der Waals surface area contributed by atoms with Crippen molar-refractivity contribution >= 4 is 27.5 Å². The van der Waals surface area contributed by atoms with Gasteiger partial charge in [-0.15, -0.1) is 0 Å². The molecule has 3 N–H and O–H groups in total. The Hall–Kier alpha value is -0.940. The van der Waals surface area contributed by atoms with Gasteiger partial charge in [-0.1, -0.05) is 20.8 Å². The van der Waals surface area contributed by atoms with Crippen LogP contribution in [0.5, 0.6) is 0 Å². The first-order valence-electron chi connectivity index (χ1n) is 7.19. The number of nitrogens with two attached hydrogens (primary N) is 1. The van der Waals surface area contributed by atoms with Crippen molar-refractivity contribution in [2.45, 2.75) is 40.0 Å². The number of halogens is 2. The fourth-order valence-electron chi connectivity index (χ4n) is 2.32. The summed E-state index contributed by atoms with van der Waals surface area (Å²) in [6.45, 7) is 7.11. The van der Waals surface area contributed by atoms with Crippen molar-refractivity contribution in [1.82, 2.24) is 0 Å². The number of benzene rings is 1. The molecule has 0 fully saturated rings. The summed E-state index contributed by atoms with van der Waals surface area (Å²) in [5.41, 5.74) is 6.23. The van der Waals surface area contributed by atoms with Crippen LogP contribution in [0, 0.1) is 17.2 Å². The van der Waals surface area contributed by atoms with Gasteiger partial charge in [-0.05, 0) is 64.8 Å². The zero-order valence-corrected chi connectivity index (χ0v) is 14.5. The molecule has 1 rings (SSSR count). The molecule has 0 bridgehead atoms. The Morgan fingerprint density at radius 2 is 2.05 bits per heavy atom. The van der Waals surface area contributed by atoms with Crippen LogP contribution in [0.1, 0.15) is 40.0 Å². The van der Waals surface area contributed by atoms with E-state index >= 15 is 0 Å². The second kappa shape index (κ2) is 7.90. The number of carbonyl (C=O) groups is 1. The Labute approximate surface area is 134 Å². The maximum absolute atomic E-state index is 13.2. The minimum Gasteiger partial charge on any atom is -0.330 e. The number of amides is 1. The zero-order valence-electron chi connectivity index (χ0n) is 12.9. The van der Waals surface area contributed by atoms with Crippen molar-refractivity contribution in [3.8, 4) is 0 Å². The molecule has 0 aliphatic carbocycles. The molecule has 1 aromatic carbocycles. The molecule has 1 unspecified atom stereocenters. The lowest BCUT2D eigenvalue weighted by Crippen LogP contribution is -2.25. The number of nitrogens with one attached hydrogen (secondary N) is 1. The second-order valence-electron chi connectivity index (χ2n) is 6.35. The van der Waals surface area contributed by atoms with Crippen LogP contribution in [0.15, 0.2) is 22.7 Å². The van der Waals surface area contributed by atoms with Gasteiger partial charge in [0, 0.05) is 10.9 Å². The molecule has 1 atom stereocenters. The van der Waals surface area contributed by atoms with E-state index in [2.05, 4.69) is 42.0 Å². The van der Waals surface area contributed by atoms with Gasteiger partial charge in [0.05, 0.1) is 5.69 Å². The molecule has 0 aliphatic heterocycles. The van der Waals surface area contributed by atoms with E-state index in [9.17, 15) is 9.18 Å². The van der Waals surface area contributed by atoms with E-state index < -0.39 is 0 Å². The molecule has 0 saturated heterocycles. The number of rotatable bonds is 6. The largest absolute Gasteiger partial charge is 0.330 e. The predicted molar refractivity (Wildman–Crippen MR) is 88.6 cm³/mol. The van der Waals surface area contributed by atoms with E-state index in [0.717, 1.165) is 12.8 Å². The van der Waals surface area contributed by atoms with Gasteiger partial charge < -0.3 is 11.1 Å². The summed E-state index contributed by atoms with van der Waals surface area (Å²) in [5, 5.41) is 2.74. The van der Waals surface area contributed by atoms with Crippen LogP contribution in [-0.4, -0.2) is 12.5 Å². The van der Waals surface area contributed by atoms with E-state index in [0.29, 0.717) is 29.0 Å². The normalized spacial score (nSPS) is 13.0. The molecule has 0 radical (unpaired) electrons. The fraction of sp³-hybridized carbons (Fsp3) is 0.562. The highest BCUT2D eigenvalue weighted by Crippen LogP contribution is 2.32. The Bertz CT molecular complexity index is 486. The average molecular weight is 359 g/mol. The van der Waals surface area contributed by atoms with E-state index in [1.165, 1.54) is 12.1 Å². The maximum atomic E-state index is 13.2. The summed E-state index contributed by atoms with van der Waals surface area (Å²) in [6.07, 6.45) is 2.09. The number of carbonyl (C=O) groups excluding carboxylic acids is 1. The van der Waals surface area contributed by atoms with Crippen LogP contribution in [0.3, 0.4) is 0 Å². The summed E-state index contributed by atoms with van der Waals surface area (Å²) in [4.78, 5) is 12.0. The van der Waals surface area contributed by atoms with Crippen LogP contribution in [0.2, 0.25) is 0 Å². The third-order valence-electron chi connectivity index (χ3n) is 3.66. The van der Waals surface area contributed by atoms with Crippen LogP contribution < -0.4 is 11.1 Å². The fourth-order valence-corrected chi connectivity index (χ4v) is 2.67. The minimum atomic E-state index is -0.371. The first kappa shape index (κ1) is 18.1. The molecule has 5 heteroatoms. The van der Waals surface area contributed by atoms with E-state index in [1.807, 2.05) is 0 Å². The molecule has 1 aromatic rings. The van der Waals surface area contributed by atoms with E-state index in [4.69, 9.17) is 5.73 Å². The smallest absolute Gasteiger partial charge is 0.224 e. The van der Waals surface area contributed by atoms with E-state index in [1.54, 1.807) is 6.07 Å². The Morgan fingerprint density at radius 1 is 1.38 bits per heavy atom. The van der Waals surface area contributed by atoms with Gasteiger partial charge in [0.25, 0.3) is 0 Å². The summed E-state index contributed by atoms with van der Waals surface area (Å²) in [5.74, 6) is -0.0824. The first-order valence-corrected chi connectivity index (χ1v) is 7.98. The molecule has 3 nitrogen and oxygen atoms in total. The molecular formula is C16H24BrFN2O. The van der Waals surface area contributed by atoms with Gasteiger partial charge in [-0.3, -0.25) is 4.79 Å². The molecule has 21 heavy (non-hydrogen) atoms. The summed E-state index contributed by atoms with van der Waals surface area (Å²) >= 11 is 3.30. The zero-order chi connectivity index (χ0) is 16.0. The molecule has 0 aromatic heterocycles. The SMILES string of the molecule is CC(C)(C)C(CCN)CCC(=O)Nc1cc(F)ccc1Br. The second-order valence-corrected chi connectivity index (χ2v) is 7.21. The van der Waals surface area contributed by atoms with Gasteiger partial charge in [0.1, 0.15) is 5.82 Å². The van der Waals surface area contributed by atoms with Crippen molar-refractivity contribution in [1.29, 1.82) is 0 Å². The highest BCUT2D eigenvalue weighted by Gasteiger charge is 2.24. The molecule has 0 saturated carbocycles. The quantitative estimate of drug-likeness (QED) is 0.795. The summed E-state index contributed by atoms with van der Waals surface area (Å²) in [7, 11) is 0. The topological polar surface area (TPSA) is 55.1 Å². The standard InChI is InChI=1S/C16H24BrFN2O/c1-16(2,3)11(8-9-19)4-7-15(21)20-14-10-12(18)5-6-13(14)17/h5-6,10-11H,4,7-9,19H2,1-3H3,(H,20,21). The summed E-state index contributed by atoms with van der Waals surface area (Å²) in [6, 6.07) is 4.23. The van der Waals surface area contributed by atoms with Crippen LogP contribution >= 0.6 is 15.9 Å². The Kier molecular flexibility index (Phi) is 6.81. The number of hydrogen-bond acceptors (Lipinski definition) is 2. The lowest BCUT2D eigenvalue weighted by molar-refractivity contribution is -0.116. The van der Waals surface area contributed by atoms with Crippen molar-refractivity contribution in [3.63, 3.8) is 0 Å². The Morgan fingerprint density at radius 3 is 2.62 bits per heavy atom. The highest BCUT2D eigenvalue weighted by molar-refractivity contribution is 9.10. The number of anilines is 1. The Balaban J connectivity index is 2.59. The summed E-state index contributed by atoms with van der Waals surface area (Å²) < 4.78 is 13.9. The van der Waals surface area contributed by atoms with Crippen molar-refractivity contribution in [2.75, 3.05) is 11.9 Å². The van der Waals surface area contributed by atoms with Gasteiger partial charge in [-0.2, -0.15) is 0 Å². The van der Waals surface area contributed by atoms with Gasteiger partial charge in [0.15, 0.2) is 0 Å². The van der Waals surface area contributed by atoms with E-state index in [-0.39, 0.29) is 17.1 Å². The van der Waals surface area contributed by atoms with Gasteiger partial charge in [0.2, 0.25) is 5.91 Å². The number of hydrogen-bond donors (Lipinski definition) is 2. The third-order valence-corrected chi connectivity index (χ3v) is 4.35. The first-order chi connectivity index (χ1) is 9.74. The molecular weight excluding hydrogens is 335 g/mol. The van der Waals surface area contributed by atoms with Crippen molar-refractivity contribution < 1.29 is 9.18 Å². The van der Waals surface area contributed by atoms with Crippen LogP contribution in [-0.2, 0) is 4.79 Å². The monoisotopic (exact) mass is 358 g/mol. The van der Waals surface area contributed by atoms with Crippen molar-refractivity contribution in [2.24, 2.45) is 17.1 Å². The van der Waals surface area contributed by atoms with Crippen molar-refractivity contribution in [3.05, 3.63) is 28.5 Å². The highest BCUT2D eigenvalue weighted by atomic mass is 79.9.